The number of rotatable bonds is 7. The molecule has 90 valence electrons. The molecule has 3 nitrogen and oxygen atoms in total. The molecule has 0 heterocycles. The fourth-order valence-corrected chi connectivity index (χ4v) is 1.82. The zero-order chi connectivity index (χ0) is 11.8. The minimum absolute atomic E-state index is 0.0106. The van der Waals surface area contributed by atoms with Gasteiger partial charge in [-0.1, -0.05) is 20.8 Å². The van der Waals surface area contributed by atoms with Gasteiger partial charge < -0.3 is 10.6 Å². The molecule has 0 aromatic heterocycles. The maximum Gasteiger partial charge on any atom is 0.226 e. The Kier molecular flexibility index (Phi) is 7.39. The number of amides is 1. The van der Waals surface area contributed by atoms with Gasteiger partial charge in [-0.25, -0.2) is 0 Å². The van der Waals surface area contributed by atoms with Crippen LogP contribution >= 0.6 is 0 Å². The third kappa shape index (κ3) is 5.17. The van der Waals surface area contributed by atoms with Crippen LogP contribution in [0.15, 0.2) is 0 Å². The van der Waals surface area contributed by atoms with Gasteiger partial charge in [0, 0.05) is 19.6 Å². The summed E-state index contributed by atoms with van der Waals surface area (Å²) in [6, 6.07) is 0. The number of hydrogen-bond acceptors (Lipinski definition) is 2. The molecule has 0 spiro atoms. The standard InChI is InChI=1S/C12H26N2O/c1-5-7-14(6-2)12(15)11(9-13)8-10(3)4/h10-11H,5-9,13H2,1-4H3. The molecule has 0 aliphatic heterocycles. The summed E-state index contributed by atoms with van der Waals surface area (Å²) in [5.74, 6) is 0.773. The molecular weight excluding hydrogens is 188 g/mol. The van der Waals surface area contributed by atoms with Crippen LogP contribution in [-0.2, 0) is 4.79 Å². The molecular formula is C12H26N2O. The van der Waals surface area contributed by atoms with Crippen molar-refractivity contribution in [3.8, 4) is 0 Å². The monoisotopic (exact) mass is 214 g/mol. The van der Waals surface area contributed by atoms with Gasteiger partial charge in [0.25, 0.3) is 0 Å². The Morgan fingerprint density at radius 3 is 2.27 bits per heavy atom. The van der Waals surface area contributed by atoms with E-state index in [9.17, 15) is 4.79 Å². The molecule has 0 aliphatic carbocycles. The van der Waals surface area contributed by atoms with E-state index in [2.05, 4.69) is 20.8 Å². The van der Waals surface area contributed by atoms with Gasteiger partial charge in [0.2, 0.25) is 5.91 Å². The summed E-state index contributed by atoms with van der Waals surface area (Å²) < 4.78 is 0. The van der Waals surface area contributed by atoms with Crippen molar-refractivity contribution < 1.29 is 4.79 Å². The maximum atomic E-state index is 12.1. The summed E-state index contributed by atoms with van der Waals surface area (Å²) in [6.45, 7) is 10.5. The largest absolute Gasteiger partial charge is 0.343 e. The molecule has 1 atom stereocenters. The van der Waals surface area contributed by atoms with Gasteiger partial charge in [0.15, 0.2) is 0 Å². The topological polar surface area (TPSA) is 46.3 Å². The molecule has 15 heavy (non-hydrogen) atoms. The number of hydrogen-bond donors (Lipinski definition) is 1. The third-order valence-electron chi connectivity index (χ3n) is 2.58. The van der Waals surface area contributed by atoms with Gasteiger partial charge in [0.1, 0.15) is 0 Å². The summed E-state index contributed by atoms with van der Waals surface area (Å²) in [6.07, 6.45) is 1.91. The zero-order valence-electron chi connectivity index (χ0n) is 10.6. The number of carbonyl (C=O) groups excluding carboxylic acids is 1. The molecule has 0 radical (unpaired) electrons. The molecule has 0 bridgehead atoms. The van der Waals surface area contributed by atoms with E-state index in [0.717, 1.165) is 25.9 Å². The van der Waals surface area contributed by atoms with E-state index in [1.165, 1.54) is 0 Å². The summed E-state index contributed by atoms with van der Waals surface area (Å²) >= 11 is 0. The molecule has 0 aromatic rings. The van der Waals surface area contributed by atoms with E-state index in [0.29, 0.717) is 12.5 Å². The van der Waals surface area contributed by atoms with Crippen molar-refractivity contribution in [2.45, 2.75) is 40.5 Å². The Morgan fingerprint density at radius 1 is 1.33 bits per heavy atom. The second kappa shape index (κ2) is 7.69. The average molecular weight is 214 g/mol. The van der Waals surface area contributed by atoms with Gasteiger partial charge in [-0.15, -0.1) is 0 Å². The van der Waals surface area contributed by atoms with Crippen molar-refractivity contribution >= 4 is 5.91 Å². The highest BCUT2D eigenvalue weighted by atomic mass is 16.2. The minimum atomic E-state index is 0.0106. The van der Waals surface area contributed by atoms with Crippen molar-refractivity contribution in [2.75, 3.05) is 19.6 Å². The second-order valence-corrected chi connectivity index (χ2v) is 4.48. The molecule has 0 aromatic carbocycles. The first-order chi connectivity index (χ1) is 7.06. The zero-order valence-corrected chi connectivity index (χ0v) is 10.6. The van der Waals surface area contributed by atoms with E-state index < -0.39 is 0 Å². The Labute approximate surface area is 94.0 Å². The minimum Gasteiger partial charge on any atom is -0.343 e. The van der Waals surface area contributed by atoms with Crippen LogP contribution in [0.4, 0.5) is 0 Å². The fourth-order valence-electron chi connectivity index (χ4n) is 1.82. The average Bonchev–Trinajstić information content (AvgIpc) is 2.21. The lowest BCUT2D eigenvalue weighted by atomic mass is 9.96. The molecule has 3 heteroatoms. The Hall–Kier alpha value is -0.570. The quantitative estimate of drug-likeness (QED) is 0.703. The maximum absolute atomic E-state index is 12.1. The van der Waals surface area contributed by atoms with Gasteiger partial charge >= 0.3 is 0 Å². The van der Waals surface area contributed by atoms with Gasteiger partial charge in [-0.05, 0) is 25.7 Å². The number of carbonyl (C=O) groups is 1. The molecule has 0 rings (SSSR count). The lowest BCUT2D eigenvalue weighted by Crippen LogP contribution is -2.40. The van der Waals surface area contributed by atoms with Crippen molar-refractivity contribution in [3.05, 3.63) is 0 Å². The van der Waals surface area contributed by atoms with E-state index in [1.54, 1.807) is 0 Å². The highest BCUT2D eigenvalue weighted by Crippen LogP contribution is 2.13. The van der Waals surface area contributed by atoms with Crippen molar-refractivity contribution in [1.29, 1.82) is 0 Å². The first kappa shape index (κ1) is 14.4. The Bertz CT molecular complexity index is 180. The molecule has 0 saturated heterocycles. The summed E-state index contributed by atoms with van der Waals surface area (Å²) in [5.41, 5.74) is 5.66. The van der Waals surface area contributed by atoms with E-state index in [4.69, 9.17) is 5.73 Å². The number of nitrogens with zero attached hydrogens (tertiary/aromatic N) is 1. The van der Waals surface area contributed by atoms with Crippen LogP contribution in [0.2, 0.25) is 0 Å². The third-order valence-corrected chi connectivity index (χ3v) is 2.58. The molecule has 0 fully saturated rings. The first-order valence-corrected chi connectivity index (χ1v) is 6.05. The number of nitrogens with two attached hydrogens (primary N) is 1. The lowest BCUT2D eigenvalue weighted by molar-refractivity contribution is -0.135. The van der Waals surface area contributed by atoms with Crippen LogP contribution < -0.4 is 5.73 Å². The Morgan fingerprint density at radius 2 is 1.93 bits per heavy atom. The van der Waals surface area contributed by atoms with Crippen LogP contribution in [0.5, 0.6) is 0 Å². The smallest absolute Gasteiger partial charge is 0.226 e. The predicted molar refractivity (Wildman–Crippen MR) is 64.5 cm³/mol. The first-order valence-electron chi connectivity index (χ1n) is 6.05. The van der Waals surface area contributed by atoms with Gasteiger partial charge in [-0.3, -0.25) is 4.79 Å². The predicted octanol–water partition coefficient (Wildman–Crippen LogP) is 1.87. The molecule has 1 unspecified atom stereocenters. The Balaban J connectivity index is 4.33. The molecule has 0 saturated carbocycles. The molecule has 0 aliphatic rings. The van der Waals surface area contributed by atoms with Crippen LogP contribution in [-0.4, -0.2) is 30.4 Å². The van der Waals surface area contributed by atoms with Crippen LogP contribution in [0.25, 0.3) is 0 Å². The van der Waals surface area contributed by atoms with Gasteiger partial charge in [-0.2, -0.15) is 0 Å². The van der Waals surface area contributed by atoms with E-state index in [-0.39, 0.29) is 11.8 Å². The van der Waals surface area contributed by atoms with Crippen LogP contribution in [0.1, 0.15) is 40.5 Å². The van der Waals surface area contributed by atoms with Crippen molar-refractivity contribution in [2.24, 2.45) is 17.6 Å². The summed E-state index contributed by atoms with van der Waals surface area (Å²) in [7, 11) is 0. The normalized spacial score (nSPS) is 12.9. The molecule has 2 N–H and O–H groups in total. The molecule has 1 amide bonds. The lowest BCUT2D eigenvalue weighted by Gasteiger charge is -2.26. The highest BCUT2D eigenvalue weighted by Gasteiger charge is 2.22. The SMILES string of the molecule is CCCN(CC)C(=O)C(CN)CC(C)C. The van der Waals surface area contributed by atoms with Crippen LogP contribution in [0, 0.1) is 11.8 Å². The van der Waals surface area contributed by atoms with Crippen LogP contribution in [0.3, 0.4) is 0 Å². The van der Waals surface area contributed by atoms with Crippen molar-refractivity contribution in [3.63, 3.8) is 0 Å². The highest BCUT2D eigenvalue weighted by molar-refractivity contribution is 5.79. The summed E-state index contributed by atoms with van der Waals surface area (Å²) in [4.78, 5) is 14.0. The van der Waals surface area contributed by atoms with E-state index >= 15 is 0 Å². The second-order valence-electron chi connectivity index (χ2n) is 4.48. The van der Waals surface area contributed by atoms with Gasteiger partial charge in [0.05, 0.1) is 5.92 Å². The van der Waals surface area contributed by atoms with E-state index in [1.807, 2.05) is 11.8 Å². The van der Waals surface area contributed by atoms with Crippen molar-refractivity contribution in [1.82, 2.24) is 4.90 Å². The fraction of sp³-hybridized carbons (Fsp3) is 0.917. The summed E-state index contributed by atoms with van der Waals surface area (Å²) in [5, 5.41) is 0.